The molecule has 0 radical (unpaired) electrons. The number of hydrogen-bond donors (Lipinski definition) is 0. The van der Waals surface area contributed by atoms with E-state index in [9.17, 15) is 0 Å². The first-order chi connectivity index (χ1) is 3.98. The number of rotatable bonds is 2. The molecular formula is C7H15ClSi. The first-order valence-electron chi connectivity index (χ1n) is 3.21. The van der Waals surface area contributed by atoms with E-state index < -0.39 is 8.07 Å². The van der Waals surface area contributed by atoms with Crippen LogP contribution in [-0.2, 0) is 0 Å². The fourth-order valence-corrected chi connectivity index (χ4v) is 1.50. The van der Waals surface area contributed by atoms with Gasteiger partial charge in [0, 0.05) is 5.88 Å². The van der Waals surface area contributed by atoms with Crippen molar-refractivity contribution in [3.8, 4) is 0 Å². The van der Waals surface area contributed by atoms with E-state index in [1.165, 1.54) is 5.20 Å². The largest absolute Gasteiger partial charge is 0.122 e. The van der Waals surface area contributed by atoms with Gasteiger partial charge in [-0.05, 0) is 6.92 Å². The van der Waals surface area contributed by atoms with Crippen molar-refractivity contribution >= 4 is 19.7 Å². The minimum atomic E-state index is -1.00. The van der Waals surface area contributed by atoms with E-state index in [-0.39, 0.29) is 0 Å². The van der Waals surface area contributed by atoms with Crippen LogP contribution in [-0.4, -0.2) is 14.0 Å². The summed E-state index contributed by atoms with van der Waals surface area (Å²) in [7, 11) is -1.00. The molecule has 0 saturated carbocycles. The van der Waals surface area contributed by atoms with E-state index in [1.54, 1.807) is 0 Å². The van der Waals surface area contributed by atoms with Crippen LogP contribution in [0.4, 0.5) is 0 Å². The summed E-state index contributed by atoms with van der Waals surface area (Å²) < 4.78 is 0. The van der Waals surface area contributed by atoms with Gasteiger partial charge in [-0.3, -0.25) is 0 Å². The Morgan fingerprint density at radius 3 is 2.00 bits per heavy atom. The van der Waals surface area contributed by atoms with Gasteiger partial charge >= 0.3 is 0 Å². The van der Waals surface area contributed by atoms with Gasteiger partial charge in [-0.25, -0.2) is 0 Å². The molecule has 0 aromatic heterocycles. The van der Waals surface area contributed by atoms with Gasteiger partial charge in [0.25, 0.3) is 0 Å². The predicted molar refractivity (Wildman–Crippen MR) is 47.8 cm³/mol. The Kier molecular flexibility index (Phi) is 3.52. The lowest BCUT2D eigenvalue weighted by molar-refractivity contribution is 1.49. The van der Waals surface area contributed by atoms with Crippen LogP contribution in [0.5, 0.6) is 0 Å². The minimum Gasteiger partial charge on any atom is -0.122 e. The van der Waals surface area contributed by atoms with E-state index in [2.05, 4.69) is 32.6 Å². The van der Waals surface area contributed by atoms with Crippen molar-refractivity contribution < 1.29 is 0 Å². The zero-order chi connectivity index (χ0) is 7.49. The molecule has 9 heavy (non-hydrogen) atoms. The highest BCUT2D eigenvalue weighted by Crippen LogP contribution is 2.12. The van der Waals surface area contributed by atoms with Crippen LogP contribution >= 0.6 is 11.6 Å². The molecule has 0 N–H and O–H groups in total. The molecule has 0 heterocycles. The maximum absolute atomic E-state index is 5.55. The van der Waals surface area contributed by atoms with Crippen molar-refractivity contribution in [2.24, 2.45) is 0 Å². The van der Waals surface area contributed by atoms with Crippen molar-refractivity contribution in [1.82, 2.24) is 0 Å². The molecule has 0 unspecified atom stereocenters. The lowest BCUT2D eigenvalue weighted by Crippen LogP contribution is -2.21. The Hall–Kier alpha value is 0.247. The normalized spacial score (nSPS) is 14.1. The maximum atomic E-state index is 5.55. The molecule has 54 valence electrons. The molecular weight excluding hydrogens is 148 g/mol. The zero-order valence-electron chi connectivity index (χ0n) is 6.66. The molecule has 0 aliphatic rings. The summed E-state index contributed by atoms with van der Waals surface area (Å²) in [6, 6.07) is 0. The van der Waals surface area contributed by atoms with Gasteiger partial charge < -0.3 is 0 Å². The second kappa shape index (κ2) is 3.42. The van der Waals surface area contributed by atoms with Crippen LogP contribution in [0, 0.1) is 0 Å². The molecule has 0 amide bonds. The summed E-state index contributed by atoms with van der Waals surface area (Å²) in [6.07, 6.45) is 2.12. The van der Waals surface area contributed by atoms with Gasteiger partial charge in [0.1, 0.15) is 0 Å². The molecule has 0 aliphatic carbocycles. The fourth-order valence-electron chi connectivity index (χ4n) is 0.422. The molecule has 0 rings (SSSR count). The highest BCUT2D eigenvalue weighted by Gasteiger charge is 2.13. The molecule has 0 atom stereocenters. The van der Waals surface area contributed by atoms with Crippen molar-refractivity contribution in [1.29, 1.82) is 0 Å². The summed E-state index contributed by atoms with van der Waals surface area (Å²) >= 11 is 5.55. The van der Waals surface area contributed by atoms with Gasteiger partial charge in [-0.2, -0.15) is 0 Å². The third-order valence-electron chi connectivity index (χ3n) is 1.57. The Morgan fingerprint density at radius 1 is 1.44 bits per heavy atom. The van der Waals surface area contributed by atoms with Crippen LogP contribution in [0.15, 0.2) is 11.3 Å². The summed E-state index contributed by atoms with van der Waals surface area (Å²) in [5, 5.41) is 1.50. The highest BCUT2D eigenvalue weighted by molar-refractivity contribution is 6.82. The van der Waals surface area contributed by atoms with Crippen LogP contribution < -0.4 is 0 Å². The summed E-state index contributed by atoms with van der Waals surface area (Å²) in [4.78, 5) is 0. The molecule has 0 spiro atoms. The van der Waals surface area contributed by atoms with E-state index in [1.807, 2.05) is 0 Å². The highest BCUT2D eigenvalue weighted by atomic mass is 35.5. The summed E-state index contributed by atoms with van der Waals surface area (Å²) in [6.45, 7) is 9.15. The number of allylic oxidation sites excluding steroid dienone is 2. The van der Waals surface area contributed by atoms with Gasteiger partial charge in [0.05, 0.1) is 8.07 Å². The molecule has 2 heteroatoms. The minimum absolute atomic E-state index is 0.663. The summed E-state index contributed by atoms with van der Waals surface area (Å²) in [5.41, 5.74) is 0. The lowest BCUT2D eigenvalue weighted by Gasteiger charge is -2.16. The second-order valence-electron chi connectivity index (χ2n) is 3.29. The maximum Gasteiger partial charge on any atom is 0.0717 e. The predicted octanol–water partition coefficient (Wildman–Crippen LogP) is 3.05. The Morgan fingerprint density at radius 2 is 1.89 bits per heavy atom. The Balaban J connectivity index is 4.03. The van der Waals surface area contributed by atoms with E-state index in [0.29, 0.717) is 5.88 Å². The average molecular weight is 163 g/mol. The zero-order valence-corrected chi connectivity index (χ0v) is 8.42. The van der Waals surface area contributed by atoms with Gasteiger partial charge in [0.15, 0.2) is 0 Å². The second-order valence-corrected chi connectivity index (χ2v) is 8.89. The van der Waals surface area contributed by atoms with Crippen molar-refractivity contribution in [2.45, 2.75) is 26.6 Å². The quantitative estimate of drug-likeness (QED) is 0.433. The first-order valence-corrected chi connectivity index (χ1v) is 7.25. The monoisotopic (exact) mass is 162 g/mol. The fraction of sp³-hybridized carbons (Fsp3) is 0.714. The third-order valence-corrected chi connectivity index (χ3v) is 4.29. The molecule has 0 aromatic rings. The van der Waals surface area contributed by atoms with Gasteiger partial charge in [-0.15, -0.1) is 11.6 Å². The number of hydrogen-bond acceptors (Lipinski definition) is 0. The first kappa shape index (κ1) is 9.25. The van der Waals surface area contributed by atoms with Gasteiger partial charge in [-0.1, -0.05) is 30.9 Å². The van der Waals surface area contributed by atoms with Crippen molar-refractivity contribution in [3.05, 3.63) is 11.3 Å². The van der Waals surface area contributed by atoms with Crippen LogP contribution in [0.25, 0.3) is 0 Å². The smallest absolute Gasteiger partial charge is 0.0717 e. The lowest BCUT2D eigenvalue weighted by atomic mass is 10.6. The van der Waals surface area contributed by atoms with E-state index in [0.717, 1.165) is 0 Å². The Labute approximate surface area is 63.9 Å². The molecule has 0 bridgehead atoms. The SMILES string of the molecule is C/C(=C\CCl)[Si](C)(C)C. The molecule has 0 aliphatic heterocycles. The van der Waals surface area contributed by atoms with E-state index >= 15 is 0 Å². The molecule has 0 saturated heterocycles. The van der Waals surface area contributed by atoms with Crippen molar-refractivity contribution in [2.75, 3.05) is 5.88 Å². The van der Waals surface area contributed by atoms with Crippen LogP contribution in [0.1, 0.15) is 6.92 Å². The molecule has 0 aromatic carbocycles. The number of halogens is 1. The van der Waals surface area contributed by atoms with Crippen molar-refractivity contribution in [3.63, 3.8) is 0 Å². The topological polar surface area (TPSA) is 0 Å². The van der Waals surface area contributed by atoms with Crippen LogP contribution in [0.3, 0.4) is 0 Å². The molecule has 0 fully saturated rings. The van der Waals surface area contributed by atoms with E-state index in [4.69, 9.17) is 11.6 Å². The van der Waals surface area contributed by atoms with Crippen LogP contribution in [0.2, 0.25) is 19.6 Å². The number of alkyl halides is 1. The average Bonchev–Trinajstić information content (AvgIpc) is 1.64. The molecule has 0 nitrogen and oxygen atoms in total. The third kappa shape index (κ3) is 3.76. The Bertz CT molecular complexity index is 111. The van der Waals surface area contributed by atoms with Gasteiger partial charge in [0.2, 0.25) is 0 Å². The summed E-state index contributed by atoms with van der Waals surface area (Å²) in [5.74, 6) is 0.663. The standard InChI is InChI=1S/C7H15ClSi/c1-7(5-6-8)9(2,3)4/h5H,6H2,1-4H3/b7-5+.